The fourth-order valence-corrected chi connectivity index (χ4v) is 2.71. The number of phenols is 1. The molecule has 0 amide bonds. The first-order valence-corrected chi connectivity index (χ1v) is 8.01. The van der Waals surface area contributed by atoms with E-state index in [4.69, 9.17) is 15.6 Å². The van der Waals surface area contributed by atoms with Crippen LogP contribution in [0.5, 0.6) is 5.75 Å². The molecule has 0 radical (unpaired) electrons. The van der Waals surface area contributed by atoms with Crippen LogP contribution in [0.2, 0.25) is 0 Å². The number of para-hydroxylation sites is 1. The van der Waals surface area contributed by atoms with E-state index < -0.39 is 0 Å². The van der Waals surface area contributed by atoms with Crippen molar-refractivity contribution in [2.75, 3.05) is 0 Å². The van der Waals surface area contributed by atoms with Crippen molar-refractivity contribution in [2.45, 2.75) is 13.3 Å². The van der Waals surface area contributed by atoms with Crippen molar-refractivity contribution >= 4 is 11.4 Å². The van der Waals surface area contributed by atoms with Crippen LogP contribution in [0.3, 0.4) is 0 Å². The summed E-state index contributed by atoms with van der Waals surface area (Å²) < 4.78 is 5.39. The summed E-state index contributed by atoms with van der Waals surface area (Å²) in [6.07, 6.45) is 2.05. The Balaban J connectivity index is 1.94. The second kappa shape index (κ2) is 7.09. The SMILES string of the molecule is CC(=N)/C(Cc1ccccc1O)=C(\N)c1ccc(-c2ccco2)cc1. The minimum Gasteiger partial charge on any atom is -0.508 e. The highest BCUT2D eigenvalue weighted by molar-refractivity contribution is 6.02. The van der Waals surface area contributed by atoms with E-state index in [-0.39, 0.29) is 5.75 Å². The van der Waals surface area contributed by atoms with Gasteiger partial charge in [-0.1, -0.05) is 42.5 Å². The molecule has 4 N–H and O–H groups in total. The molecule has 0 spiro atoms. The minimum absolute atomic E-state index is 0.210. The lowest BCUT2D eigenvalue weighted by molar-refractivity contribution is 0.469. The number of allylic oxidation sites excluding steroid dienone is 1. The Labute approximate surface area is 146 Å². The quantitative estimate of drug-likeness (QED) is 0.597. The maximum absolute atomic E-state index is 9.99. The van der Waals surface area contributed by atoms with Crippen molar-refractivity contribution in [1.82, 2.24) is 0 Å². The standard InChI is InChI=1S/C21H20N2O2/c1-14(22)18(13-17-5-2-3-6-19(17)24)21(23)16-10-8-15(9-11-16)20-7-4-12-25-20/h2-12,22,24H,13,23H2,1H3/b21-18-,22-14?. The second-order valence-electron chi connectivity index (χ2n) is 5.88. The van der Waals surface area contributed by atoms with E-state index in [1.807, 2.05) is 48.5 Å². The van der Waals surface area contributed by atoms with Gasteiger partial charge in [0.2, 0.25) is 0 Å². The Morgan fingerprint density at radius 1 is 1.04 bits per heavy atom. The highest BCUT2D eigenvalue weighted by Crippen LogP contribution is 2.26. The largest absolute Gasteiger partial charge is 0.508 e. The number of hydrogen-bond donors (Lipinski definition) is 3. The molecule has 0 atom stereocenters. The molecular formula is C21H20N2O2. The van der Waals surface area contributed by atoms with Crippen LogP contribution in [0.1, 0.15) is 18.1 Å². The molecule has 0 aliphatic rings. The summed E-state index contributed by atoms with van der Waals surface area (Å²) in [7, 11) is 0. The first-order valence-electron chi connectivity index (χ1n) is 8.01. The molecule has 4 heteroatoms. The molecule has 0 aliphatic carbocycles. The van der Waals surface area contributed by atoms with Gasteiger partial charge in [0.05, 0.1) is 6.26 Å². The van der Waals surface area contributed by atoms with Gasteiger partial charge in [0.25, 0.3) is 0 Å². The topological polar surface area (TPSA) is 83.2 Å². The van der Waals surface area contributed by atoms with E-state index in [2.05, 4.69) is 0 Å². The molecule has 0 unspecified atom stereocenters. The summed E-state index contributed by atoms with van der Waals surface area (Å²) >= 11 is 0. The summed E-state index contributed by atoms with van der Waals surface area (Å²) in [6.45, 7) is 1.71. The number of nitrogens with one attached hydrogen (secondary N) is 1. The molecule has 3 rings (SSSR count). The van der Waals surface area contributed by atoms with Crippen molar-refractivity contribution in [1.29, 1.82) is 5.41 Å². The van der Waals surface area contributed by atoms with Gasteiger partial charge in [-0.15, -0.1) is 0 Å². The minimum atomic E-state index is 0.210. The van der Waals surface area contributed by atoms with Gasteiger partial charge in [0, 0.05) is 29.0 Å². The van der Waals surface area contributed by atoms with Gasteiger partial charge < -0.3 is 20.7 Å². The first-order chi connectivity index (χ1) is 12.1. The van der Waals surface area contributed by atoms with Gasteiger partial charge in [0.1, 0.15) is 11.5 Å². The van der Waals surface area contributed by atoms with E-state index in [1.54, 1.807) is 25.3 Å². The van der Waals surface area contributed by atoms with Crippen molar-refractivity contribution in [3.63, 3.8) is 0 Å². The number of nitrogens with two attached hydrogens (primary N) is 1. The zero-order valence-electron chi connectivity index (χ0n) is 14.0. The third kappa shape index (κ3) is 3.63. The van der Waals surface area contributed by atoms with Crippen LogP contribution in [-0.2, 0) is 6.42 Å². The number of aromatic hydroxyl groups is 1. The van der Waals surface area contributed by atoms with E-state index in [9.17, 15) is 5.11 Å². The van der Waals surface area contributed by atoms with Crippen LogP contribution in [0.25, 0.3) is 17.0 Å². The van der Waals surface area contributed by atoms with Gasteiger partial charge in [-0.05, 0) is 36.2 Å². The third-order valence-corrected chi connectivity index (χ3v) is 4.14. The van der Waals surface area contributed by atoms with E-state index >= 15 is 0 Å². The second-order valence-corrected chi connectivity index (χ2v) is 5.88. The van der Waals surface area contributed by atoms with Crippen LogP contribution in [0.4, 0.5) is 0 Å². The van der Waals surface area contributed by atoms with Gasteiger partial charge in [-0.3, -0.25) is 0 Å². The number of rotatable bonds is 5. The molecule has 0 fully saturated rings. The Bertz CT molecular complexity index is 907. The lowest BCUT2D eigenvalue weighted by atomic mass is 9.95. The fraction of sp³-hybridized carbons (Fsp3) is 0.0952. The molecule has 126 valence electrons. The summed E-state index contributed by atoms with van der Waals surface area (Å²) in [6, 6.07) is 18.6. The molecule has 4 nitrogen and oxygen atoms in total. The third-order valence-electron chi connectivity index (χ3n) is 4.14. The van der Waals surface area contributed by atoms with Crippen LogP contribution in [0.15, 0.2) is 76.9 Å². The molecule has 0 aliphatic heterocycles. The predicted octanol–water partition coefficient (Wildman–Crippen LogP) is 4.60. The smallest absolute Gasteiger partial charge is 0.133 e. The first kappa shape index (κ1) is 16.6. The molecule has 25 heavy (non-hydrogen) atoms. The predicted molar refractivity (Wildman–Crippen MR) is 100 cm³/mol. The van der Waals surface area contributed by atoms with Gasteiger partial charge in [-0.2, -0.15) is 0 Å². The maximum Gasteiger partial charge on any atom is 0.133 e. The molecule has 0 saturated carbocycles. The summed E-state index contributed by atoms with van der Waals surface area (Å²) in [5, 5.41) is 18.1. The van der Waals surface area contributed by atoms with Gasteiger partial charge in [-0.25, -0.2) is 0 Å². The Hall–Kier alpha value is -3.27. The number of benzene rings is 2. The van der Waals surface area contributed by atoms with E-state index in [1.165, 1.54) is 0 Å². The monoisotopic (exact) mass is 332 g/mol. The normalized spacial score (nSPS) is 11.9. The summed E-state index contributed by atoms with van der Waals surface area (Å²) in [5.41, 5.74) is 10.5. The van der Waals surface area contributed by atoms with Crippen molar-refractivity contribution < 1.29 is 9.52 Å². The summed E-state index contributed by atoms with van der Waals surface area (Å²) in [4.78, 5) is 0. The molecular weight excluding hydrogens is 312 g/mol. The lowest BCUT2D eigenvalue weighted by Crippen LogP contribution is -2.10. The number of furan rings is 1. The van der Waals surface area contributed by atoms with Gasteiger partial charge >= 0.3 is 0 Å². The highest BCUT2D eigenvalue weighted by Gasteiger charge is 2.12. The van der Waals surface area contributed by atoms with E-state index in [0.29, 0.717) is 23.4 Å². The Morgan fingerprint density at radius 3 is 2.36 bits per heavy atom. The van der Waals surface area contributed by atoms with Crippen LogP contribution in [0, 0.1) is 5.41 Å². The van der Waals surface area contributed by atoms with Crippen molar-refractivity contribution in [2.24, 2.45) is 5.73 Å². The zero-order valence-corrected chi connectivity index (χ0v) is 14.0. The number of phenolic OH excluding ortho intramolecular Hbond substituents is 1. The molecule has 0 saturated heterocycles. The molecule has 2 aromatic carbocycles. The van der Waals surface area contributed by atoms with Gasteiger partial charge in [0.15, 0.2) is 0 Å². The van der Waals surface area contributed by atoms with Crippen molar-refractivity contribution in [3.8, 4) is 17.1 Å². The van der Waals surface area contributed by atoms with Crippen LogP contribution in [-0.4, -0.2) is 10.8 Å². The van der Waals surface area contributed by atoms with Crippen molar-refractivity contribution in [3.05, 3.63) is 83.6 Å². The number of hydrogen-bond acceptors (Lipinski definition) is 4. The fourth-order valence-electron chi connectivity index (χ4n) is 2.71. The summed E-state index contributed by atoms with van der Waals surface area (Å²) in [5.74, 6) is 1.01. The molecule has 0 bridgehead atoms. The highest BCUT2D eigenvalue weighted by atomic mass is 16.3. The Morgan fingerprint density at radius 2 is 1.76 bits per heavy atom. The zero-order chi connectivity index (χ0) is 17.8. The van der Waals surface area contributed by atoms with Crippen LogP contribution < -0.4 is 5.73 Å². The molecule has 3 aromatic rings. The lowest BCUT2D eigenvalue weighted by Gasteiger charge is -2.13. The average Bonchev–Trinajstić information content (AvgIpc) is 3.15. The van der Waals surface area contributed by atoms with E-state index in [0.717, 1.165) is 22.5 Å². The molecule has 1 aromatic heterocycles. The maximum atomic E-state index is 9.99. The Kier molecular flexibility index (Phi) is 4.70. The van der Waals surface area contributed by atoms with Crippen LogP contribution >= 0.6 is 0 Å². The average molecular weight is 332 g/mol. The molecule has 1 heterocycles.